The summed E-state index contributed by atoms with van der Waals surface area (Å²) in [4.78, 5) is 0. The summed E-state index contributed by atoms with van der Waals surface area (Å²) in [7, 11) is -1.63. The molecule has 0 saturated heterocycles. The largest absolute Gasteiger partial charge is 0.413 e. The number of aryl methyl sites for hydroxylation is 2. The van der Waals surface area contributed by atoms with Gasteiger partial charge < -0.3 is 4.43 Å². The molecule has 0 unspecified atom stereocenters. The standard InChI is InChI=1S/C16H28OSi/c1-8-14-9-10-15(13(2)11-14)12-17-18(6,7)16(3,4)5/h9-11H,8,12H2,1-7H3. The average molecular weight is 264 g/mol. The van der Waals surface area contributed by atoms with E-state index in [0.717, 1.165) is 13.0 Å². The van der Waals surface area contributed by atoms with E-state index in [9.17, 15) is 0 Å². The van der Waals surface area contributed by atoms with Crippen LogP contribution in [-0.2, 0) is 17.5 Å². The van der Waals surface area contributed by atoms with Crippen LogP contribution in [0.3, 0.4) is 0 Å². The van der Waals surface area contributed by atoms with Gasteiger partial charge in [-0.15, -0.1) is 0 Å². The maximum Gasteiger partial charge on any atom is 0.192 e. The Balaban J connectivity index is 2.75. The fraction of sp³-hybridized carbons (Fsp3) is 0.625. The van der Waals surface area contributed by atoms with E-state index in [-0.39, 0.29) is 5.04 Å². The molecule has 0 amide bonds. The molecule has 102 valence electrons. The Bertz CT molecular complexity index is 402. The Kier molecular flexibility index (Phi) is 4.79. The summed E-state index contributed by atoms with van der Waals surface area (Å²) in [5.74, 6) is 0. The molecule has 0 fully saturated rings. The topological polar surface area (TPSA) is 9.23 Å². The molecular formula is C16H28OSi. The van der Waals surface area contributed by atoms with Crippen molar-refractivity contribution in [3.63, 3.8) is 0 Å². The van der Waals surface area contributed by atoms with Gasteiger partial charge in [0.15, 0.2) is 8.32 Å². The van der Waals surface area contributed by atoms with Gasteiger partial charge in [0.1, 0.15) is 0 Å². The molecule has 0 aromatic heterocycles. The minimum atomic E-state index is -1.63. The van der Waals surface area contributed by atoms with E-state index in [1.807, 2.05) is 0 Å². The Morgan fingerprint density at radius 2 is 1.78 bits per heavy atom. The number of hydrogen-bond donors (Lipinski definition) is 0. The highest BCUT2D eigenvalue weighted by Gasteiger charge is 2.37. The second kappa shape index (κ2) is 5.58. The number of benzene rings is 1. The molecule has 0 atom stereocenters. The molecule has 0 radical (unpaired) electrons. The highest BCUT2D eigenvalue weighted by Crippen LogP contribution is 2.37. The lowest BCUT2D eigenvalue weighted by molar-refractivity contribution is 0.275. The molecule has 1 rings (SSSR count). The van der Waals surface area contributed by atoms with Crippen molar-refractivity contribution in [3.05, 3.63) is 34.9 Å². The van der Waals surface area contributed by atoms with Crippen LogP contribution < -0.4 is 0 Å². The Morgan fingerprint density at radius 1 is 1.17 bits per heavy atom. The second-order valence-corrected chi connectivity index (χ2v) is 11.5. The third-order valence-corrected chi connectivity index (χ3v) is 8.69. The Hall–Kier alpha value is -0.603. The third kappa shape index (κ3) is 3.69. The summed E-state index contributed by atoms with van der Waals surface area (Å²) >= 11 is 0. The summed E-state index contributed by atoms with van der Waals surface area (Å²) in [6.07, 6.45) is 1.10. The quantitative estimate of drug-likeness (QED) is 0.689. The lowest BCUT2D eigenvalue weighted by atomic mass is 10.0. The predicted octanol–water partition coefficient (Wildman–Crippen LogP) is 5.08. The molecule has 0 aliphatic carbocycles. The Morgan fingerprint density at radius 3 is 2.22 bits per heavy atom. The lowest BCUT2D eigenvalue weighted by Gasteiger charge is -2.36. The van der Waals surface area contributed by atoms with Crippen LogP contribution in [0.25, 0.3) is 0 Å². The van der Waals surface area contributed by atoms with E-state index in [4.69, 9.17) is 4.43 Å². The van der Waals surface area contributed by atoms with Crippen molar-refractivity contribution in [2.45, 2.75) is 65.8 Å². The monoisotopic (exact) mass is 264 g/mol. The van der Waals surface area contributed by atoms with Gasteiger partial charge in [-0.2, -0.15) is 0 Å². The molecule has 0 saturated carbocycles. The van der Waals surface area contributed by atoms with Crippen molar-refractivity contribution >= 4 is 8.32 Å². The second-order valence-electron chi connectivity index (χ2n) is 6.66. The summed E-state index contributed by atoms with van der Waals surface area (Å²) in [6, 6.07) is 6.73. The molecule has 1 nitrogen and oxygen atoms in total. The van der Waals surface area contributed by atoms with Crippen molar-refractivity contribution in [1.82, 2.24) is 0 Å². The zero-order chi connectivity index (χ0) is 14.0. The maximum atomic E-state index is 6.27. The predicted molar refractivity (Wildman–Crippen MR) is 82.5 cm³/mol. The SMILES string of the molecule is CCc1ccc(CO[Si](C)(C)C(C)(C)C)c(C)c1. The zero-order valence-corrected chi connectivity index (χ0v) is 14.1. The molecule has 1 aromatic carbocycles. The van der Waals surface area contributed by atoms with Gasteiger partial charge in [0.25, 0.3) is 0 Å². The molecule has 18 heavy (non-hydrogen) atoms. The smallest absolute Gasteiger partial charge is 0.192 e. The van der Waals surface area contributed by atoms with Gasteiger partial charge in [-0.25, -0.2) is 0 Å². The summed E-state index contributed by atoms with van der Waals surface area (Å²) in [6.45, 7) is 16.6. The van der Waals surface area contributed by atoms with Gasteiger partial charge in [0.05, 0.1) is 6.61 Å². The first-order chi connectivity index (χ1) is 8.17. The molecule has 0 aliphatic heterocycles. The summed E-state index contributed by atoms with van der Waals surface area (Å²) < 4.78 is 6.27. The van der Waals surface area contributed by atoms with Crippen LogP contribution in [0.2, 0.25) is 18.1 Å². The third-order valence-electron chi connectivity index (χ3n) is 4.21. The van der Waals surface area contributed by atoms with E-state index < -0.39 is 8.32 Å². The Labute approximate surface area is 114 Å². The molecular weight excluding hydrogens is 236 g/mol. The summed E-state index contributed by atoms with van der Waals surface area (Å²) in [5, 5.41) is 0.282. The van der Waals surface area contributed by atoms with Gasteiger partial charge in [0.2, 0.25) is 0 Å². The summed E-state index contributed by atoms with van der Waals surface area (Å²) in [5.41, 5.74) is 4.09. The van der Waals surface area contributed by atoms with Crippen LogP contribution in [0.4, 0.5) is 0 Å². The fourth-order valence-corrected chi connectivity index (χ4v) is 2.56. The van der Waals surface area contributed by atoms with E-state index in [1.54, 1.807) is 0 Å². The molecule has 0 heterocycles. The molecule has 0 N–H and O–H groups in total. The van der Waals surface area contributed by atoms with Crippen LogP contribution in [0.15, 0.2) is 18.2 Å². The normalized spacial score (nSPS) is 12.8. The number of hydrogen-bond acceptors (Lipinski definition) is 1. The van der Waals surface area contributed by atoms with E-state index in [0.29, 0.717) is 0 Å². The first-order valence-electron chi connectivity index (χ1n) is 6.90. The van der Waals surface area contributed by atoms with Crippen LogP contribution in [-0.4, -0.2) is 8.32 Å². The zero-order valence-electron chi connectivity index (χ0n) is 13.1. The first-order valence-corrected chi connectivity index (χ1v) is 9.80. The van der Waals surface area contributed by atoms with Crippen molar-refractivity contribution < 1.29 is 4.43 Å². The first kappa shape index (κ1) is 15.5. The van der Waals surface area contributed by atoms with Crippen molar-refractivity contribution in [3.8, 4) is 0 Å². The van der Waals surface area contributed by atoms with Crippen molar-refractivity contribution in [1.29, 1.82) is 0 Å². The minimum absolute atomic E-state index is 0.282. The minimum Gasteiger partial charge on any atom is -0.413 e. The fourth-order valence-electron chi connectivity index (χ4n) is 1.61. The van der Waals surface area contributed by atoms with Crippen molar-refractivity contribution in [2.75, 3.05) is 0 Å². The average Bonchev–Trinajstić information content (AvgIpc) is 2.25. The van der Waals surface area contributed by atoms with Crippen LogP contribution >= 0.6 is 0 Å². The highest BCUT2D eigenvalue weighted by molar-refractivity contribution is 6.74. The van der Waals surface area contributed by atoms with E-state index >= 15 is 0 Å². The lowest BCUT2D eigenvalue weighted by Crippen LogP contribution is -2.40. The van der Waals surface area contributed by atoms with E-state index in [1.165, 1.54) is 16.7 Å². The van der Waals surface area contributed by atoms with Gasteiger partial charge in [-0.3, -0.25) is 0 Å². The van der Waals surface area contributed by atoms with Gasteiger partial charge in [0, 0.05) is 0 Å². The molecule has 0 bridgehead atoms. The maximum absolute atomic E-state index is 6.27. The van der Waals surface area contributed by atoms with Crippen LogP contribution in [0, 0.1) is 6.92 Å². The molecule has 0 aliphatic rings. The molecule has 1 aromatic rings. The number of rotatable bonds is 4. The van der Waals surface area contributed by atoms with E-state index in [2.05, 4.69) is 65.9 Å². The van der Waals surface area contributed by atoms with Crippen molar-refractivity contribution in [2.24, 2.45) is 0 Å². The van der Waals surface area contributed by atoms with Crippen LogP contribution in [0.1, 0.15) is 44.4 Å². The molecule has 2 heteroatoms. The van der Waals surface area contributed by atoms with Crippen LogP contribution in [0.5, 0.6) is 0 Å². The van der Waals surface area contributed by atoms with Gasteiger partial charge >= 0.3 is 0 Å². The highest BCUT2D eigenvalue weighted by atomic mass is 28.4. The molecule has 0 spiro atoms. The van der Waals surface area contributed by atoms with Gasteiger partial charge in [-0.1, -0.05) is 45.9 Å². The van der Waals surface area contributed by atoms with Gasteiger partial charge in [-0.05, 0) is 48.2 Å².